The van der Waals surface area contributed by atoms with E-state index in [4.69, 9.17) is 4.74 Å². The van der Waals surface area contributed by atoms with Gasteiger partial charge in [-0.15, -0.1) is 0 Å². The molecule has 124 valence electrons. The number of aromatic nitrogens is 2. The zero-order chi connectivity index (χ0) is 17.1. The minimum Gasteiger partial charge on any atom is -0.496 e. The van der Waals surface area contributed by atoms with E-state index in [9.17, 15) is 9.59 Å². The van der Waals surface area contributed by atoms with Crippen LogP contribution in [-0.4, -0.2) is 16.2 Å². The van der Waals surface area contributed by atoms with Crippen LogP contribution < -0.4 is 21.3 Å². The van der Waals surface area contributed by atoms with Crippen LogP contribution >= 0.6 is 15.9 Å². The van der Waals surface area contributed by atoms with E-state index < -0.39 is 0 Å². The van der Waals surface area contributed by atoms with Crippen LogP contribution in [0.15, 0.2) is 38.5 Å². The molecular weight excluding hydrogens is 362 g/mol. The first kappa shape index (κ1) is 17.5. The molecule has 0 aliphatic carbocycles. The maximum Gasteiger partial charge on any atom is 0.330 e. The molecule has 0 spiro atoms. The van der Waals surface area contributed by atoms with Crippen LogP contribution in [0.2, 0.25) is 0 Å². The molecule has 1 N–H and O–H groups in total. The Hall–Kier alpha value is -1.86. The third kappa shape index (κ3) is 3.73. The van der Waals surface area contributed by atoms with Gasteiger partial charge in [0, 0.05) is 38.4 Å². The average Bonchev–Trinajstić information content (AvgIpc) is 2.54. The molecule has 0 saturated carbocycles. The van der Waals surface area contributed by atoms with Crippen molar-refractivity contribution in [2.75, 3.05) is 7.11 Å². The van der Waals surface area contributed by atoms with Crippen LogP contribution in [0.25, 0.3) is 0 Å². The second-order valence-electron chi connectivity index (χ2n) is 5.41. The van der Waals surface area contributed by atoms with Crippen LogP contribution in [0, 0.1) is 0 Å². The predicted molar refractivity (Wildman–Crippen MR) is 92.9 cm³/mol. The molecule has 0 radical (unpaired) electrons. The number of hydrogen-bond donors (Lipinski definition) is 1. The summed E-state index contributed by atoms with van der Waals surface area (Å²) in [6.45, 7) is 2.40. The fourth-order valence-corrected chi connectivity index (χ4v) is 2.90. The van der Waals surface area contributed by atoms with Gasteiger partial charge in [-0.3, -0.25) is 9.36 Å². The molecule has 2 aromatic rings. The summed E-state index contributed by atoms with van der Waals surface area (Å²) in [5, 5.41) is 3.30. The van der Waals surface area contributed by atoms with Gasteiger partial charge >= 0.3 is 5.69 Å². The lowest BCUT2D eigenvalue weighted by molar-refractivity contribution is 0.411. The van der Waals surface area contributed by atoms with Crippen molar-refractivity contribution in [2.45, 2.75) is 19.5 Å². The lowest BCUT2D eigenvalue weighted by atomic mass is 10.1. The Labute approximate surface area is 142 Å². The van der Waals surface area contributed by atoms with E-state index in [1.807, 2.05) is 25.1 Å². The van der Waals surface area contributed by atoms with Gasteiger partial charge in [-0.1, -0.05) is 6.07 Å². The number of hydrogen-bond acceptors (Lipinski definition) is 4. The smallest absolute Gasteiger partial charge is 0.330 e. The molecule has 0 amide bonds. The minimum absolute atomic E-state index is 0.0409. The topological polar surface area (TPSA) is 65.3 Å². The molecule has 23 heavy (non-hydrogen) atoms. The van der Waals surface area contributed by atoms with Gasteiger partial charge in [0.25, 0.3) is 5.56 Å². The molecule has 1 aromatic heterocycles. The molecule has 0 fully saturated rings. The SMILES string of the molecule is COc1ccc(C(C)NCc2cn(C)c(=O)n(C)c2=O)cc1Br. The number of ether oxygens (including phenoxy) is 1. The molecule has 1 aromatic carbocycles. The first-order valence-corrected chi connectivity index (χ1v) is 7.96. The van der Waals surface area contributed by atoms with Crippen LogP contribution in [0.5, 0.6) is 5.75 Å². The largest absolute Gasteiger partial charge is 0.496 e. The molecule has 6 nitrogen and oxygen atoms in total. The van der Waals surface area contributed by atoms with Crippen LogP contribution in [0.4, 0.5) is 0 Å². The van der Waals surface area contributed by atoms with Crippen molar-refractivity contribution in [1.82, 2.24) is 14.5 Å². The summed E-state index contributed by atoms with van der Waals surface area (Å²) in [5.41, 5.74) is 1.02. The normalized spacial score (nSPS) is 12.2. The van der Waals surface area contributed by atoms with Crippen molar-refractivity contribution in [3.8, 4) is 5.75 Å². The third-order valence-corrected chi connectivity index (χ3v) is 4.41. The van der Waals surface area contributed by atoms with Crippen molar-refractivity contribution < 1.29 is 4.74 Å². The Morgan fingerprint density at radius 1 is 1.30 bits per heavy atom. The molecule has 2 rings (SSSR count). The number of halogens is 1. The fraction of sp³-hybridized carbons (Fsp3) is 0.375. The highest BCUT2D eigenvalue weighted by molar-refractivity contribution is 9.10. The summed E-state index contributed by atoms with van der Waals surface area (Å²) in [6.07, 6.45) is 1.58. The number of rotatable bonds is 5. The van der Waals surface area contributed by atoms with Crippen LogP contribution in [-0.2, 0) is 20.6 Å². The number of aryl methyl sites for hydroxylation is 1. The summed E-state index contributed by atoms with van der Waals surface area (Å²) in [4.78, 5) is 23.8. The van der Waals surface area contributed by atoms with Crippen molar-refractivity contribution in [3.05, 3.63) is 60.8 Å². The van der Waals surface area contributed by atoms with E-state index in [-0.39, 0.29) is 17.3 Å². The van der Waals surface area contributed by atoms with E-state index in [0.717, 1.165) is 20.4 Å². The number of nitrogens with zero attached hydrogens (tertiary/aromatic N) is 2. The average molecular weight is 382 g/mol. The first-order chi connectivity index (χ1) is 10.8. The molecule has 0 aliphatic heterocycles. The van der Waals surface area contributed by atoms with Crippen LogP contribution in [0.1, 0.15) is 24.1 Å². The second kappa shape index (κ2) is 7.14. The number of nitrogens with one attached hydrogen (secondary N) is 1. The summed E-state index contributed by atoms with van der Waals surface area (Å²) >= 11 is 3.47. The molecule has 7 heteroatoms. The van der Waals surface area contributed by atoms with E-state index in [2.05, 4.69) is 21.2 Å². The highest BCUT2D eigenvalue weighted by Crippen LogP contribution is 2.27. The van der Waals surface area contributed by atoms with Gasteiger partial charge in [0.15, 0.2) is 0 Å². The standard InChI is InChI=1S/C16H20BrN3O3/c1-10(11-5-6-14(23-4)13(17)7-11)18-8-12-9-19(2)16(22)20(3)15(12)21/h5-7,9-10,18H,8H2,1-4H3. The lowest BCUT2D eigenvalue weighted by Gasteiger charge is -2.16. The predicted octanol–water partition coefficient (Wildman–Crippen LogP) is 1.71. The Balaban J connectivity index is 2.17. The van der Waals surface area contributed by atoms with Gasteiger partial charge in [0.1, 0.15) is 5.75 Å². The minimum atomic E-state index is -0.328. The molecule has 0 aliphatic rings. The van der Waals surface area contributed by atoms with Gasteiger partial charge < -0.3 is 14.6 Å². The van der Waals surface area contributed by atoms with Crippen LogP contribution in [0.3, 0.4) is 0 Å². The molecule has 0 saturated heterocycles. The Bertz CT molecular complexity index is 826. The summed E-state index contributed by atoms with van der Waals surface area (Å²) in [6, 6.07) is 5.89. The molecule has 1 heterocycles. The van der Waals surface area contributed by atoms with E-state index in [0.29, 0.717) is 12.1 Å². The van der Waals surface area contributed by atoms with E-state index >= 15 is 0 Å². The Morgan fingerprint density at radius 2 is 2.00 bits per heavy atom. The quantitative estimate of drug-likeness (QED) is 0.855. The highest BCUT2D eigenvalue weighted by atomic mass is 79.9. The van der Waals surface area contributed by atoms with E-state index in [1.165, 1.54) is 11.6 Å². The third-order valence-electron chi connectivity index (χ3n) is 3.79. The molecule has 1 atom stereocenters. The van der Waals surface area contributed by atoms with Gasteiger partial charge in [-0.2, -0.15) is 0 Å². The van der Waals surface area contributed by atoms with Gasteiger partial charge in [-0.25, -0.2) is 4.79 Å². The molecular formula is C16H20BrN3O3. The molecule has 1 unspecified atom stereocenters. The summed E-state index contributed by atoms with van der Waals surface area (Å²) in [5.74, 6) is 0.771. The Kier molecular flexibility index (Phi) is 5.43. The van der Waals surface area contributed by atoms with Crippen molar-refractivity contribution >= 4 is 15.9 Å². The summed E-state index contributed by atoms with van der Waals surface area (Å²) < 4.78 is 8.62. The number of benzene rings is 1. The monoisotopic (exact) mass is 381 g/mol. The van der Waals surface area contributed by atoms with Crippen molar-refractivity contribution in [1.29, 1.82) is 0 Å². The highest BCUT2D eigenvalue weighted by Gasteiger charge is 2.11. The Morgan fingerprint density at radius 3 is 2.61 bits per heavy atom. The van der Waals surface area contributed by atoms with Gasteiger partial charge in [0.2, 0.25) is 0 Å². The van der Waals surface area contributed by atoms with Gasteiger partial charge in [-0.05, 0) is 40.5 Å². The molecule has 0 bridgehead atoms. The summed E-state index contributed by atoms with van der Waals surface area (Å²) in [7, 11) is 4.74. The van der Waals surface area contributed by atoms with Gasteiger partial charge in [0.05, 0.1) is 11.6 Å². The zero-order valence-electron chi connectivity index (χ0n) is 13.6. The maximum absolute atomic E-state index is 12.1. The zero-order valence-corrected chi connectivity index (χ0v) is 15.2. The lowest BCUT2D eigenvalue weighted by Crippen LogP contribution is -2.39. The second-order valence-corrected chi connectivity index (χ2v) is 6.26. The fourth-order valence-electron chi connectivity index (χ4n) is 2.34. The van der Waals surface area contributed by atoms with Crippen molar-refractivity contribution in [3.63, 3.8) is 0 Å². The number of methoxy groups -OCH3 is 1. The first-order valence-electron chi connectivity index (χ1n) is 7.17. The van der Waals surface area contributed by atoms with E-state index in [1.54, 1.807) is 20.4 Å². The van der Waals surface area contributed by atoms with Crippen molar-refractivity contribution in [2.24, 2.45) is 14.1 Å². The maximum atomic E-state index is 12.1.